The first kappa shape index (κ1) is 11.9. The molecule has 1 aromatic carbocycles. The monoisotopic (exact) mass is 273 g/mol. The number of halogens is 2. The Kier molecular flexibility index (Phi) is 4.18. The van der Waals surface area contributed by atoms with Crippen molar-refractivity contribution in [2.24, 2.45) is 0 Å². The zero-order valence-electron chi connectivity index (χ0n) is 8.32. The lowest BCUT2D eigenvalue weighted by Gasteiger charge is -2.04. The van der Waals surface area contributed by atoms with Gasteiger partial charge in [-0.1, -0.05) is 41.4 Å². The first-order valence-corrected chi connectivity index (χ1v) is 6.24. The van der Waals surface area contributed by atoms with Crippen LogP contribution in [0.25, 0.3) is 0 Å². The van der Waals surface area contributed by atoms with Gasteiger partial charge in [-0.15, -0.1) is 11.3 Å². The summed E-state index contributed by atoms with van der Waals surface area (Å²) in [5, 5.41) is 0.727. The van der Waals surface area contributed by atoms with Crippen molar-refractivity contribution in [3.05, 3.63) is 50.4 Å². The van der Waals surface area contributed by atoms with Crippen molar-refractivity contribution in [1.82, 2.24) is 4.98 Å². The second-order valence-electron chi connectivity index (χ2n) is 3.16. The molecule has 0 fully saturated rings. The van der Waals surface area contributed by atoms with Gasteiger partial charge >= 0.3 is 0 Å². The van der Waals surface area contributed by atoms with E-state index in [2.05, 4.69) is 4.98 Å². The second kappa shape index (κ2) is 5.64. The summed E-state index contributed by atoms with van der Waals surface area (Å²) in [6.45, 7) is 1.00. The fourth-order valence-corrected chi connectivity index (χ4v) is 2.33. The van der Waals surface area contributed by atoms with Gasteiger partial charge in [-0.25, -0.2) is 4.98 Å². The number of hydrogen-bond donors (Lipinski definition) is 0. The summed E-state index contributed by atoms with van der Waals surface area (Å²) in [6, 6.07) is 7.63. The topological polar surface area (TPSA) is 22.1 Å². The molecule has 16 heavy (non-hydrogen) atoms. The Balaban J connectivity index is 1.87. The second-order valence-corrected chi connectivity index (χ2v) is 5.27. The molecule has 2 nitrogen and oxygen atoms in total. The molecule has 5 heteroatoms. The molecule has 0 aliphatic rings. The van der Waals surface area contributed by atoms with Crippen LogP contribution in [-0.4, -0.2) is 4.98 Å². The number of hydrogen-bond acceptors (Lipinski definition) is 3. The standard InChI is InChI=1S/C11H9Cl2NOS/c12-10-4-2-1-3-8(10)6-15-7-9-5-14-11(13)16-9/h1-5H,6-7H2. The molecule has 2 aromatic rings. The SMILES string of the molecule is Clc1ncc(COCc2ccccc2Cl)s1. The van der Waals surface area contributed by atoms with Gasteiger partial charge in [0.25, 0.3) is 0 Å². The molecule has 1 aromatic heterocycles. The van der Waals surface area contributed by atoms with Crippen molar-refractivity contribution < 1.29 is 4.74 Å². The number of benzene rings is 1. The lowest BCUT2D eigenvalue weighted by molar-refractivity contribution is 0.109. The van der Waals surface area contributed by atoms with Crippen molar-refractivity contribution in [2.75, 3.05) is 0 Å². The zero-order chi connectivity index (χ0) is 11.4. The van der Waals surface area contributed by atoms with Crippen LogP contribution >= 0.6 is 34.5 Å². The minimum absolute atomic E-state index is 0.495. The molecule has 0 aliphatic carbocycles. The van der Waals surface area contributed by atoms with Gasteiger partial charge in [-0.3, -0.25) is 0 Å². The van der Waals surface area contributed by atoms with Gasteiger partial charge in [-0.2, -0.15) is 0 Å². The number of rotatable bonds is 4. The highest BCUT2D eigenvalue weighted by atomic mass is 35.5. The normalized spacial score (nSPS) is 10.6. The average molecular weight is 274 g/mol. The highest BCUT2D eigenvalue weighted by Crippen LogP contribution is 2.20. The summed E-state index contributed by atoms with van der Waals surface area (Å²) in [6.07, 6.45) is 1.72. The molecule has 0 unspecified atom stereocenters. The number of nitrogens with zero attached hydrogens (tertiary/aromatic N) is 1. The summed E-state index contributed by atoms with van der Waals surface area (Å²) < 4.78 is 6.07. The van der Waals surface area contributed by atoms with Crippen LogP contribution in [0.15, 0.2) is 30.5 Å². The summed E-state index contributed by atoms with van der Waals surface area (Å²) >= 11 is 13.1. The van der Waals surface area contributed by atoms with Gasteiger partial charge in [0.1, 0.15) is 0 Å². The van der Waals surface area contributed by atoms with E-state index < -0.39 is 0 Å². The third-order valence-electron chi connectivity index (χ3n) is 1.99. The lowest BCUT2D eigenvalue weighted by Crippen LogP contribution is -1.93. The summed E-state index contributed by atoms with van der Waals surface area (Å²) in [5.41, 5.74) is 0.986. The Morgan fingerprint density at radius 3 is 2.69 bits per heavy atom. The van der Waals surface area contributed by atoms with Crippen LogP contribution < -0.4 is 0 Å². The van der Waals surface area contributed by atoms with E-state index in [1.54, 1.807) is 6.20 Å². The van der Waals surface area contributed by atoms with Crippen LogP contribution in [0.4, 0.5) is 0 Å². The molecule has 0 radical (unpaired) electrons. The van der Waals surface area contributed by atoms with E-state index in [-0.39, 0.29) is 0 Å². The third-order valence-corrected chi connectivity index (χ3v) is 3.44. The fraction of sp³-hybridized carbons (Fsp3) is 0.182. The molecule has 84 valence electrons. The molecule has 0 bridgehead atoms. The van der Waals surface area contributed by atoms with Crippen molar-refractivity contribution in [1.29, 1.82) is 0 Å². The van der Waals surface area contributed by atoms with Gasteiger partial charge < -0.3 is 4.74 Å². The van der Waals surface area contributed by atoms with Crippen molar-refractivity contribution in [3.8, 4) is 0 Å². The van der Waals surface area contributed by atoms with Crippen LogP contribution in [0.3, 0.4) is 0 Å². The van der Waals surface area contributed by atoms with E-state index in [9.17, 15) is 0 Å². The molecule has 0 amide bonds. The number of thiazole rings is 1. The van der Waals surface area contributed by atoms with Gasteiger partial charge in [0.15, 0.2) is 4.47 Å². The van der Waals surface area contributed by atoms with E-state index >= 15 is 0 Å². The first-order chi connectivity index (χ1) is 7.75. The highest BCUT2D eigenvalue weighted by molar-refractivity contribution is 7.15. The molecule has 0 aliphatic heterocycles. The summed E-state index contributed by atoms with van der Waals surface area (Å²) in [7, 11) is 0. The van der Waals surface area contributed by atoms with Crippen molar-refractivity contribution in [2.45, 2.75) is 13.2 Å². The Bertz CT molecular complexity index is 473. The molecular weight excluding hydrogens is 265 g/mol. The zero-order valence-corrected chi connectivity index (χ0v) is 10.6. The lowest BCUT2D eigenvalue weighted by atomic mass is 10.2. The predicted octanol–water partition coefficient (Wildman–Crippen LogP) is 4.17. The molecule has 0 atom stereocenters. The Morgan fingerprint density at radius 1 is 1.19 bits per heavy atom. The minimum Gasteiger partial charge on any atom is -0.371 e. The van der Waals surface area contributed by atoms with Gasteiger partial charge in [0, 0.05) is 11.2 Å². The number of ether oxygens (including phenoxy) is 1. The maximum atomic E-state index is 6.00. The summed E-state index contributed by atoms with van der Waals surface area (Å²) in [5.74, 6) is 0. The molecule has 1 heterocycles. The minimum atomic E-state index is 0.495. The molecule has 0 spiro atoms. The summed E-state index contributed by atoms with van der Waals surface area (Å²) in [4.78, 5) is 4.95. The Hall–Kier alpha value is -0.610. The van der Waals surface area contributed by atoms with Gasteiger partial charge in [0.2, 0.25) is 0 Å². The largest absolute Gasteiger partial charge is 0.371 e. The smallest absolute Gasteiger partial charge is 0.183 e. The van der Waals surface area contributed by atoms with Crippen LogP contribution in [0.2, 0.25) is 9.49 Å². The van der Waals surface area contributed by atoms with E-state index in [0.29, 0.717) is 17.7 Å². The highest BCUT2D eigenvalue weighted by Gasteiger charge is 2.02. The van der Waals surface area contributed by atoms with E-state index in [0.717, 1.165) is 15.5 Å². The first-order valence-electron chi connectivity index (χ1n) is 4.67. The molecule has 0 saturated heterocycles. The van der Waals surface area contributed by atoms with Crippen LogP contribution in [0.1, 0.15) is 10.4 Å². The maximum Gasteiger partial charge on any atom is 0.183 e. The molecular formula is C11H9Cl2NOS. The predicted molar refractivity (Wildman–Crippen MR) is 67.1 cm³/mol. The van der Waals surface area contributed by atoms with Crippen molar-refractivity contribution in [3.63, 3.8) is 0 Å². The van der Waals surface area contributed by atoms with Crippen molar-refractivity contribution >= 4 is 34.5 Å². The van der Waals surface area contributed by atoms with E-state index in [1.165, 1.54) is 11.3 Å². The average Bonchev–Trinajstić information content (AvgIpc) is 2.67. The number of aromatic nitrogens is 1. The molecule has 0 N–H and O–H groups in total. The van der Waals surface area contributed by atoms with Crippen LogP contribution in [-0.2, 0) is 18.0 Å². The Morgan fingerprint density at radius 2 is 2.00 bits per heavy atom. The van der Waals surface area contributed by atoms with E-state index in [1.807, 2.05) is 24.3 Å². The van der Waals surface area contributed by atoms with Crippen LogP contribution in [0, 0.1) is 0 Å². The quantitative estimate of drug-likeness (QED) is 0.834. The van der Waals surface area contributed by atoms with Gasteiger partial charge in [-0.05, 0) is 11.6 Å². The van der Waals surface area contributed by atoms with Gasteiger partial charge in [0.05, 0.1) is 18.1 Å². The van der Waals surface area contributed by atoms with Crippen LogP contribution in [0.5, 0.6) is 0 Å². The maximum absolute atomic E-state index is 6.00. The third kappa shape index (κ3) is 3.19. The fourth-order valence-electron chi connectivity index (χ4n) is 1.23. The molecule has 0 saturated carbocycles. The van der Waals surface area contributed by atoms with E-state index in [4.69, 9.17) is 27.9 Å². The molecule has 2 rings (SSSR count). The Labute approximate surface area is 108 Å².